The molecule has 9 heteroatoms. The molecule has 4 rings (SSSR count). The van der Waals surface area contributed by atoms with Gasteiger partial charge in [0.2, 0.25) is 0 Å². The molecule has 5 unspecified atom stereocenters. The van der Waals surface area contributed by atoms with Gasteiger partial charge in [-0.1, -0.05) is 18.2 Å². The molecule has 1 aromatic rings. The largest absolute Gasteiger partial charge is 0.386 e. The molecule has 2 heterocycles. The molecular weight excluding hydrogens is 326 g/mol. The smallest absolute Gasteiger partial charge is 0.293 e. The molecule has 9 nitrogen and oxygen atoms in total. The second-order valence-corrected chi connectivity index (χ2v) is 6.41. The van der Waals surface area contributed by atoms with Gasteiger partial charge in [0.05, 0.1) is 29.8 Å². The van der Waals surface area contributed by atoms with Crippen LogP contribution in [0.15, 0.2) is 29.3 Å². The summed E-state index contributed by atoms with van der Waals surface area (Å²) in [7, 11) is 0. The third-order valence-corrected chi connectivity index (χ3v) is 5.25. The Hall–Kier alpha value is -3.01. The number of nitrogens with zero attached hydrogens (tertiary/aromatic N) is 4. The minimum absolute atomic E-state index is 0.0891. The van der Waals surface area contributed by atoms with Gasteiger partial charge < -0.3 is 15.2 Å². The first kappa shape index (κ1) is 15.5. The molecule has 2 N–H and O–H groups in total. The van der Waals surface area contributed by atoms with Crippen LogP contribution < -0.4 is 5.73 Å². The Morgan fingerprint density at radius 3 is 2.68 bits per heavy atom. The van der Waals surface area contributed by atoms with Crippen molar-refractivity contribution in [2.75, 3.05) is 6.61 Å². The molecule has 1 aromatic carbocycles. The monoisotopic (exact) mass is 339 g/mol. The zero-order chi connectivity index (χ0) is 18.0. The van der Waals surface area contributed by atoms with Gasteiger partial charge in [-0.2, -0.15) is 10.5 Å². The summed E-state index contributed by atoms with van der Waals surface area (Å²) in [5.41, 5.74) is 3.02. The van der Waals surface area contributed by atoms with E-state index in [0.717, 1.165) is 0 Å². The number of fused-ring (bicyclic) bond motifs is 2. The fourth-order valence-electron chi connectivity index (χ4n) is 4.23. The van der Waals surface area contributed by atoms with Crippen molar-refractivity contribution >= 4 is 11.5 Å². The second-order valence-electron chi connectivity index (χ2n) is 6.41. The van der Waals surface area contributed by atoms with Crippen molar-refractivity contribution in [1.29, 1.82) is 10.5 Å². The quantitative estimate of drug-likeness (QED) is 0.628. The van der Waals surface area contributed by atoms with Crippen LogP contribution in [0.4, 0.5) is 5.69 Å². The van der Waals surface area contributed by atoms with Gasteiger partial charge in [-0.05, 0) is 6.92 Å². The number of hydrogen-bond acceptors (Lipinski definition) is 8. The number of ether oxygens (including phenoxy) is 2. The van der Waals surface area contributed by atoms with Crippen LogP contribution in [0, 0.1) is 43.6 Å². The van der Waals surface area contributed by atoms with Crippen LogP contribution in [0.5, 0.6) is 0 Å². The van der Waals surface area contributed by atoms with Gasteiger partial charge in [-0.3, -0.25) is 10.1 Å². The van der Waals surface area contributed by atoms with Crippen molar-refractivity contribution in [1.82, 2.24) is 0 Å². The summed E-state index contributed by atoms with van der Waals surface area (Å²) in [6, 6.07) is 10.2. The number of nitrogens with two attached hydrogens (primary N) is 1. The van der Waals surface area contributed by atoms with Crippen LogP contribution in [0.25, 0.3) is 0 Å². The molecular formula is C16H13N5O4. The van der Waals surface area contributed by atoms with Gasteiger partial charge in [0, 0.05) is 17.5 Å². The predicted octanol–water partition coefficient (Wildman–Crippen LogP) is 1.17. The maximum Gasteiger partial charge on any atom is 0.293 e. The number of benzene rings is 1. The first-order chi connectivity index (χ1) is 11.9. The number of para-hydroxylation sites is 1. The molecule has 0 aromatic heterocycles. The average molecular weight is 339 g/mol. The van der Waals surface area contributed by atoms with E-state index in [1.165, 1.54) is 18.2 Å². The lowest BCUT2D eigenvalue weighted by molar-refractivity contribution is -0.385. The molecule has 1 spiro atoms. The van der Waals surface area contributed by atoms with E-state index in [0.29, 0.717) is 0 Å². The van der Waals surface area contributed by atoms with Crippen LogP contribution in [0.2, 0.25) is 0 Å². The van der Waals surface area contributed by atoms with E-state index in [9.17, 15) is 20.6 Å². The predicted molar refractivity (Wildman–Crippen MR) is 82.8 cm³/mol. The normalized spacial score (nSPS) is 40.8. The Balaban J connectivity index is 1.96. The van der Waals surface area contributed by atoms with Gasteiger partial charge in [-0.15, -0.1) is 0 Å². The number of nitriles is 2. The minimum Gasteiger partial charge on any atom is -0.386 e. The summed E-state index contributed by atoms with van der Waals surface area (Å²) < 4.78 is 11.5. The molecule has 25 heavy (non-hydrogen) atoms. The lowest BCUT2D eigenvalue weighted by Gasteiger charge is -2.26. The lowest BCUT2D eigenvalue weighted by atomic mass is 9.93. The van der Waals surface area contributed by atoms with Crippen molar-refractivity contribution in [3.8, 4) is 12.1 Å². The summed E-state index contributed by atoms with van der Waals surface area (Å²) >= 11 is 0. The summed E-state index contributed by atoms with van der Waals surface area (Å²) in [6.45, 7) is 1.94. The summed E-state index contributed by atoms with van der Waals surface area (Å²) in [6.07, 6.45) is -0.344. The summed E-state index contributed by atoms with van der Waals surface area (Å²) in [5.74, 6) is -2.66. The van der Waals surface area contributed by atoms with Gasteiger partial charge in [-0.25, -0.2) is 4.99 Å². The molecule has 0 radical (unpaired) electrons. The topological polar surface area (TPSA) is 148 Å². The fraction of sp³-hybridized carbons (Fsp3) is 0.438. The van der Waals surface area contributed by atoms with Crippen molar-refractivity contribution < 1.29 is 14.4 Å². The number of aliphatic imine (C=N–C) groups is 1. The number of amidine groups is 1. The van der Waals surface area contributed by atoms with Crippen molar-refractivity contribution in [3.05, 3.63) is 39.9 Å². The summed E-state index contributed by atoms with van der Waals surface area (Å²) in [5, 5.41) is 31.3. The third kappa shape index (κ3) is 1.46. The molecule has 2 aliphatic heterocycles. The maximum absolute atomic E-state index is 11.4. The van der Waals surface area contributed by atoms with E-state index in [1.54, 1.807) is 13.0 Å². The van der Waals surface area contributed by atoms with Crippen LogP contribution in [0.3, 0.4) is 0 Å². The lowest BCUT2D eigenvalue weighted by Crippen LogP contribution is -2.39. The number of nitro groups is 1. The fourth-order valence-corrected chi connectivity index (χ4v) is 4.23. The zero-order valence-corrected chi connectivity index (χ0v) is 13.2. The van der Waals surface area contributed by atoms with Crippen LogP contribution in [0.1, 0.15) is 18.4 Å². The van der Waals surface area contributed by atoms with Crippen molar-refractivity contribution in [2.24, 2.45) is 21.6 Å². The molecule has 0 bridgehead atoms. The minimum atomic E-state index is -1.71. The van der Waals surface area contributed by atoms with E-state index in [1.807, 2.05) is 0 Å². The molecule has 2 fully saturated rings. The maximum atomic E-state index is 11.4. The number of rotatable bonds is 2. The Labute approximate surface area is 142 Å². The zero-order valence-electron chi connectivity index (χ0n) is 13.2. The van der Waals surface area contributed by atoms with Crippen LogP contribution in [-0.2, 0) is 9.47 Å². The van der Waals surface area contributed by atoms with E-state index < -0.39 is 27.6 Å². The van der Waals surface area contributed by atoms with E-state index >= 15 is 0 Å². The first-order valence-electron chi connectivity index (χ1n) is 7.63. The first-order valence-corrected chi connectivity index (χ1v) is 7.63. The highest BCUT2D eigenvalue weighted by Gasteiger charge is 2.95. The highest BCUT2D eigenvalue weighted by Crippen LogP contribution is 2.83. The van der Waals surface area contributed by atoms with E-state index in [2.05, 4.69) is 17.1 Å². The van der Waals surface area contributed by atoms with Crippen LogP contribution in [-0.4, -0.2) is 29.4 Å². The number of hydrogen-bond donors (Lipinski definition) is 1. The number of nitro benzene ring substituents is 1. The van der Waals surface area contributed by atoms with Crippen molar-refractivity contribution in [2.45, 2.75) is 24.9 Å². The average Bonchev–Trinajstić information content (AvgIpc) is 2.98. The van der Waals surface area contributed by atoms with Gasteiger partial charge >= 0.3 is 0 Å². The van der Waals surface area contributed by atoms with Crippen LogP contribution >= 0.6 is 0 Å². The molecule has 0 amide bonds. The molecule has 126 valence electrons. The Bertz CT molecular complexity index is 918. The molecule has 1 saturated carbocycles. The standard InChI is InChI=1S/C16H13N5O4/c1-9-6-24-16(25-9)15(8-18)12(14(15,7-17)13(19)20-16)10-4-2-3-5-11(10)21(22)23/h2-5,9,12H,6H2,1H3,(H2,19,20). The molecule has 3 aliphatic rings. The second kappa shape index (κ2) is 4.54. The SMILES string of the molecule is CC1COC2(N=C(N)C3(C#N)C(c4ccccc4[N+](=O)[O-])C23C#N)O1. The molecule has 1 aliphatic carbocycles. The van der Waals surface area contributed by atoms with E-state index in [4.69, 9.17) is 15.2 Å². The van der Waals surface area contributed by atoms with Gasteiger partial charge in [0.15, 0.2) is 5.41 Å². The molecule has 5 atom stereocenters. The highest BCUT2D eigenvalue weighted by atomic mass is 16.8. The molecule has 1 saturated heterocycles. The highest BCUT2D eigenvalue weighted by molar-refractivity contribution is 6.00. The van der Waals surface area contributed by atoms with E-state index in [-0.39, 0.29) is 29.8 Å². The van der Waals surface area contributed by atoms with Gasteiger partial charge in [0.1, 0.15) is 11.3 Å². The summed E-state index contributed by atoms with van der Waals surface area (Å²) in [4.78, 5) is 15.1. The Kier molecular flexibility index (Phi) is 2.82. The van der Waals surface area contributed by atoms with Gasteiger partial charge in [0.25, 0.3) is 11.6 Å². The van der Waals surface area contributed by atoms with Crippen molar-refractivity contribution in [3.63, 3.8) is 0 Å². The third-order valence-electron chi connectivity index (χ3n) is 5.25. The Morgan fingerprint density at radius 2 is 2.12 bits per heavy atom. The Morgan fingerprint density at radius 1 is 1.40 bits per heavy atom.